The highest BCUT2D eigenvalue weighted by Crippen LogP contribution is 2.32. The predicted octanol–water partition coefficient (Wildman–Crippen LogP) is 3.05. The second-order valence-corrected chi connectivity index (χ2v) is 6.00. The molecule has 1 aromatic carbocycles. The van der Waals surface area contributed by atoms with Gasteiger partial charge >= 0.3 is 0 Å². The van der Waals surface area contributed by atoms with Gasteiger partial charge in [0, 0.05) is 23.8 Å². The molecule has 0 radical (unpaired) electrons. The lowest BCUT2D eigenvalue weighted by atomic mass is 10.0. The summed E-state index contributed by atoms with van der Waals surface area (Å²) in [5.74, 6) is -1.18. The van der Waals surface area contributed by atoms with Crippen LogP contribution < -0.4 is 0 Å². The van der Waals surface area contributed by atoms with Gasteiger partial charge in [-0.3, -0.25) is 19.3 Å². The Labute approximate surface area is 142 Å². The Morgan fingerprint density at radius 3 is 2.33 bits per heavy atom. The maximum atomic E-state index is 13.0. The smallest absolute Gasteiger partial charge is 0.263 e. The molecular formula is C18H11ClN2O3. The Morgan fingerprint density at radius 1 is 0.958 bits per heavy atom. The van der Waals surface area contributed by atoms with Gasteiger partial charge < -0.3 is 4.40 Å². The molecule has 0 fully saturated rings. The summed E-state index contributed by atoms with van der Waals surface area (Å²) >= 11 is 5.87. The van der Waals surface area contributed by atoms with Crippen LogP contribution in [0.3, 0.4) is 0 Å². The maximum absolute atomic E-state index is 13.0. The summed E-state index contributed by atoms with van der Waals surface area (Å²) < 4.78 is 1.60. The molecule has 5 nitrogen and oxygen atoms in total. The van der Waals surface area contributed by atoms with Crippen LogP contribution in [-0.2, 0) is 0 Å². The number of carbonyl (C=O) groups is 3. The van der Waals surface area contributed by atoms with Crippen LogP contribution in [0.1, 0.15) is 36.8 Å². The van der Waals surface area contributed by atoms with Crippen molar-refractivity contribution >= 4 is 34.7 Å². The van der Waals surface area contributed by atoms with Crippen LogP contribution in [0, 0.1) is 0 Å². The number of fused-ring (bicyclic) bond motifs is 3. The first-order valence-electron chi connectivity index (χ1n) is 7.26. The molecular weight excluding hydrogens is 328 g/mol. The molecule has 1 aliphatic heterocycles. The van der Waals surface area contributed by atoms with Crippen LogP contribution >= 0.6 is 11.6 Å². The summed E-state index contributed by atoms with van der Waals surface area (Å²) in [6, 6.07) is 11.7. The van der Waals surface area contributed by atoms with E-state index in [2.05, 4.69) is 0 Å². The van der Waals surface area contributed by atoms with Gasteiger partial charge in [-0.25, -0.2) is 0 Å². The van der Waals surface area contributed by atoms with Gasteiger partial charge in [0.25, 0.3) is 11.8 Å². The molecule has 0 aliphatic carbocycles. The number of halogens is 1. The third-order valence-electron chi connectivity index (χ3n) is 4.20. The number of benzene rings is 1. The first-order chi connectivity index (χ1) is 11.5. The van der Waals surface area contributed by atoms with Crippen LogP contribution in [-0.4, -0.2) is 33.9 Å². The number of pyridine rings is 1. The third-order valence-corrected chi connectivity index (χ3v) is 4.45. The van der Waals surface area contributed by atoms with Crippen molar-refractivity contribution in [2.45, 2.75) is 0 Å². The van der Waals surface area contributed by atoms with Gasteiger partial charge in [-0.1, -0.05) is 17.7 Å². The summed E-state index contributed by atoms with van der Waals surface area (Å²) in [5.41, 5.74) is 1.59. The van der Waals surface area contributed by atoms with E-state index >= 15 is 0 Å². The molecule has 2 aromatic heterocycles. The van der Waals surface area contributed by atoms with Gasteiger partial charge in [0.15, 0.2) is 0 Å². The number of hydrogen-bond acceptors (Lipinski definition) is 3. The lowest BCUT2D eigenvalue weighted by molar-refractivity contribution is 0.0690. The molecule has 1 aliphatic rings. The number of nitrogens with zero attached hydrogens (tertiary/aromatic N) is 2. The fraction of sp³-hybridized carbons (Fsp3) is 0.0556. The Hall–Kier alpha value is -2.92. The minimum Gasteiger partial charge on any atom is -0.312 e. The van der Waals surface area contributed by atoms with E-state index in [1.165, 1.54) is 7.05 Å². The van der Waals surface area contributed by atoms with Gasteiger partial charge in [0.2, 0.25) is 5.78 Å². The number of ketones is 1. The Balaban J connectivity index is 2.03. The topological polar surface area (TPSA) is 58.9 Å². The van der Waals surface area contributed by atoms with E-state index in [0.29, 0.717) is 16.1 Å². The van der Waals surface area contributed by atoms with Crippen LogP contribution in [0.5, 0.6) is 0 Å². The van der Waals surface area contributed by atoms with E-state index in [1.807, 2.05) is 0 Å². The van der Waals surface area contributed by atoms with Crippen molar-refractivity contribution in [1.29, 1.82) is 0 Å². The highest BCUT2D eigenvalue weighted by molar-refractivity contribution is 6.31. The van der Waals surface area contributed by atoms with Crippen molar-refractivity contribution in [3.05, 3.63) is 76.1 Å². The van der Waals surface area contributed by atoms with E-state index in [-0.39, 0.29) is 22.6 Å². The maximum Gasteiger partial charge on any atom is 0.263 e. The lowest BCUT2D eigenvalue weighted by Gasteiger charge is -2.09. The first-order valence-corrected chi connectivity index (χ1v) is 7.64. The summed E-state index contributed by atoms with van der Waals surface area (Å²) in [7, 11) is 1.42. The molecule has 0 spiro atoms. The lowest BCUT2D eigenvalue weighted by Crippen LogP contribution is -2.26. The van der Waals surface area contributed by atoms with Crippen LogP contribution in [0.2, 0.25) is 5.02 Å². The summed E-state index contributed by atoms with van der Waals surface area (Å²) in [5, 5.41) is 0.516. The quantitative estimate of drug-likeness (QED) is 0.533. The number of rotatable bonds is 2. The summed E-state index contributed by atoms with van der Waals surface area (Å²) in [4.78, 5) is 39.0. The first kappa shape index (κ1) is 14.7. The van der Waals surface area contributed by atoms with Gasteiger partial charge in [-0.2, -0.15) is 0 Å². The Morgan fingerprint density at radius 2 is 1.62 bits per heavy atom. The zero-order chi connectivity index (χ0) is 17.0. The van der Waals surface area contributed by atoms with E-state index in [9.17, 15) is 14.4 Å². The molecule has 0 atom stereocenters. The molecule has 0 N–H and O–H groups in total. The molecule has 3 heterocycles. The average molecular weight is 339 g/mol. The van der Waals surface area contributed by atoms with Crippen molar-refractivity contribution in [1.82, 2.24) is 9.30 Å². The number of hydrogen-bond donors (Lipinski definition) is 0. The van der Waals surface area contributed by atoms with Crippen molar-refractivity contribution in [3.63, 3.8) is 0 Å². The second kappa shape index (κ2) is 5.04. The molecule has 0 saturated heterocycles. The monoisotopic (exact) mass is 338 g/mol. The largest absolute Gasteiger partial charge is 0.312 e. The molecule has 24 heavy (non-hydrogen) atoms. The summed E-state index contributed by atoms with van der Waals surface area (Å²) in [6.07, 6.45) is 1.68. The molecule has 6 heteroatoms. The number of carbonyl (C=O) groups excluding carboxylic acids is 3. The summed E-state index contributed by atoms with van der Waals surface area (Å²) in [6.45, 7) is 0. The molecule has 2 amide bonds. The highest BCUT2D eigenvalue weighted by atomic mass is 35.5. The van der Waals surface area contributed by atoms with Gasteiger partial charge in [-0.05, 0) is 36.4 Å². The number of aromatic nitrogens is 1. The molecule has 118 valence electrons. The minimum absolute atomic E-state index is 0.161. The van der Waals surface area contributed by atoms with Crippen molar-refractivity contribution < 1.29 is 14.4 Å². The molecule has 0 saturated carbocycles. The van der Waals surface area contributed by atoms with Crippen molar-refractivity contribution in [3.8, 4) is 0 Å². The van der Waals surface area contributed by atoms with E-state index < -0.39 is 11.8 Å². The SMILES string of the molecule is CN1C(=O)c2c(c3ccccn3c2C(=O)c2ccc(Cl)cc2)C1=O. The normalized spacial score (nSPS) is 13.7. The number of amides is 2. The predicted molar refractivity (Wildman–Crippen MR) is 88.7 cm³/mol. The van der Waals surface area contributed by atoms with Gasteiger partial charge in [0.1, 0.15) is 5.69 Å². The average Bonchev–Trinajstić information content (AvgIpc) is 3.04. The third kappa shape index (κ3) is 1.85. The van der Waals surface area contributed by atoms with Crippen LogP contribution in [0.4, 0.5) is 0 Å². The van der Waals surface area contributed by atoms with E-state index in [1.54, 1.807) is 53.1 Å². The fourth-order valence-electron chi connectivity index (χ4n) is 3.02. The Bertz CT molecular complexity index is 1030. The molecule has 0 bridgehead atoms. The van der Waals surface area contributed by atoms with Crippen molar-refractivity contribution in [2.24, 2.45) is 0 Å². The number of imide groups is 1. The zero-order valence-electron chi connectivity index (χ0n) is 12.6. The second-order valence-electron chi connectivity index (χ2n) is 5.56. The van der Waals surface area contributed by atoms with Crippen LogP contribution in [0.15, 0.2) is 48.7 Å². The molecule has 0 unspecified atom stereocenters. The van der Waals surface area contributed by atoms with Gasteiger partial charge in [-0.15, -0.1) is 0 Å². The van der Waals surface area contributed by atoms with Gasteiger partial charge in [0.05, 0.1) is 16.6 Å². The fourth-order valence-corrected chi connectivity index (χ4v) is 3.15. The zero-order valence-corrected chi connectivity index (χ0v) is 13.4. The van der Waals surface area contributed by atoms with Crippen LogP contribution in [0.25, 0.3) is 5.52 Å². The van der Waals surface area contributed by atoms with E-state index in [4.69, 9.17) is 11.6 Å². The molecule has 3 aromatic rings. The van der Waals surface area contributed by atoms with Crippen molar-refractivity contribution in [2.75, 3.05) is 7.05 Å². The standard InChI is InChI=1S/C18H11ClN2O3/c1-20-17(23)13-12-4-2-3-9-21(12)15(14(13)18(20)24)16(22)10-5-7-11(19)8-6-10/h2-9H,1H3. The molecule has 4 rings (SSSR count). The highest BCUT2D eigenvalue weighted by Gasteiger charge is 2.41. The van der Waals surface area contributed by atoms with E-state index in [0.717, 1.165) is 4.90 Å². The Kier molecular flexibility index (Phi) is 3.08. The minimum atomic E-state index is -0.462.